The van der Waals surface area contributed by atoms with E-state index in [1.807, 2.05) is 24.3 Å². The molecule has 1 heterocycles. The van der Waals surface area contributed by atoms with Gasteiger partial charge in [-0.1, -0.05) is 17.7 Å². The lowest BCUT2D eigenvalue weighted by molar-refractivity contribution is 0.200. The molecule has 2 rings (SSSR count). The zero-order valence-electron chi connectivity index (χ0n) is 11.5. The van der Waals surface area contributed by atoms with Crippen molar-refractivity contribution in [2.24, 2.45) is 0 Å². The molecule has 1 fully saturated rings. The molecular weight excluding hydrogens is 319 g/mol. The minimum atomic E-state index is 0. The van der Waals surface area contributed by atoms with Gasteiger partial charge in [0.25, 0.3) is 0 Å². The maximum absolute atomic E-state index is 6.09. The number of hydrogen-bond donors (Lipinski definition) is 1. The number of halogens is 3. The fourth-order valence-corrected chi connectivity index (χ4v) is 2.55. The number of benzene rings is 1. The molecule has 1 aromatic rings. The summed E-state index contributed by atoms with van der Waals surface area (Å²) in [5, 5.41) is 4.08. The number of hydrogen-bond acceptors (Lipinski definition) is 3. The van der Waals surface area contributed by atoms with Crippen LogP contribution in [0.2, 0.25) is 5.02 Å². The number of nitrogens with zero attached hydrogens (tertiary/aromatic N) is 1. The quantitative estimate of drug-likeness (QED) is 0.852. The lowest BCUT2D eigenvalue weighted by Gasteiger charge is -2.34. The van der Waals surface area contributed by atoms with Crippen LogP contribution in [0.4, 0.5) is 0 Å². The number of piperazine rings is 1. The van der Waals surface area contributed by atoms with Crippen LogP contribution in [0.3, 0.4) is 0 Å². The Morgan fingerprint density at radius 2 is 2.00 bits per heavy atom. The van der Waals surface area contributed by atoms with Crippen molar-refractivity contribution in [1.82, 2.24) is 10.2 Å². The van der Waals surface area contributed by atoms with Crippen LogP contribution in [0.1, 0.15) is 11.6 Å². The van der Waals surface area contributed by atoms with Gasteiger partial charge in [-0.25, -0.2) is 0 Å². The molecule has 0 amide bonds. The highest BCUT2D eigenvalue weighted by molar-refractivity contribution is 6.30. The summed E-state index contributed by atoms with van der Waals surface area (Å²) < 4.78 is 5.43. The predicted octanol–water partition coefficient (Wildman–Crippen LogP) is 3.32. The van der Waals surface area contributed by atoms with Crippen molar-refractivity contribution < 1.29 is 4.74 Å². The summed E-state index contributed by atoms with van der Waals surface area (Å²) in [5.74, 6) is 0.864. The summed E-state index contributed by atoms with van der Waals surface area (Å²) in [6.45, 7) is 7.98. The summed E-state index contributed by atoms with van der Waals surface area (Å²) in [4.78, 5) is 2.39. The number of nitrogens with one attached hydrogen (secondary N) is 1. The zero-order valence-corrected chi connectivity index (χ0v) is 13.9. The molecule has 0 spiro atoms. The van der Waals surface area contributed by atoms with E-state index in [9.17, 15) is 0 Å². The Labute approximate surface area is 138 Å². The van der Waals surface area contributed by atoms with Gasteiger partial charge < -0.3 is 10.1 Å². The first-order valence-corrected chi connectivity index (χ1v) is 6.55. The second-order valence-electron chi connectivity index (χ2n) is 4.35. The minimum Gasteiger partial charge on any atom is -0.496 e. The average molecular weight is 340 g/mol. The van der Waals surface area contributed by atoms with Crippen molar-refractivity contribution in [2.75, 3.05) is 33.3 Å². The molecule has 3 nitrogen and oxygen atoms in total. The Morgan fingerprint density at radius 1 is 1.35 bits per heavy atom. The number of rotatable bonds is 4. The minimum absolute atomic E-state index is 0. The fraction of sp³-hybridized carbons (Fsp3) is 0.429. The molecule has 0 aliphatic carbocycles. The molecule has 6 heteroatoms. The van der Waals surface area contributed by atoms with Crippen LogP contribution < -0.4 is 10.1 Å². The highest BCUT2D eigenvalue weighted by atomic mass is 35.5. The van der Waals surface area contributed by atoms with E-state index in [0.29, 0.717) is 0 Å². The summed E-state index contributed by atoms with van der Waals surface area (Å²) in [5.41, 5.74) is 1.09. The van der Waals surface area contributed by atoms with Gasteiger partial charge in [0.15, 0.2) is 0 Å². The predicted molar refractivity (Wildman–Crippen MR) is 89.9 cm³/mol. The van der Waals surface area contributed by atoms with Crippen molar-refractivity contribution in [2.45, 2.75) is 6.04 Å². The summed E-state index contributed by atoms with van der Waals surface area (Å²) in [7, 11) is 1.69. The van der Waals surface area contributed by atoms with E-state index in [2.05, 4.69) is 16.8 Å². The van der Waals surface area contributed by atoms with Crippen LogP contribution in [-0.4, -0.2) is 38.2 Å². The molecule has 0 radical (unpaired) electrons. The van der Waals surface area contributed by atoms with E-state index in [1.165, 1.54) is 0 Å². The molecule has 0 saturated carbocycles. The van der Waals surface area contributed by atoms with E-state index in [4.69, 9.17) is 16.3 Å². The van der Waals surface area contributed by atoms with Crippen molar-refractivity contribution in [3.8, 4) is 5.75 Å². The van der Waals surface area contributed by atoms with Crippen LogP contribution in [-0.2, 0) is 0 Å². The second-order valence-corrected chi connectivity index (χ2v) is 4.79. The lowest BCUT2D eigenvalue weighted by atomic mass is 10.0. The van der Waals surface area contributed by atoms with Gasteiger partial charge in [-0.3, -0.25) is 4.90 Å². The smallest absolute Gasteiger partial charge is 0.124 e. The third kappa shape index (κ3) is 4.54. The summed E-state index contributed by atoms with van der Waals surface area (Å²) in [6.07, 6.45) is 1.96. The van der Waals surface area contributed by atoms with Crippen LogP contribution in [0, 0.1) is 0 Å². The topological polar surface area (TPSA) is 24.5 Å². The van der Waals surface area contributed by atoms with Crippen molar-refractivity contribution in [3.63, 3.8) is 0 Å². The molecule has 1 aliphatic rings. The normalized spacial score (nSPS) is 16.5. The highest BCUT2D eigenvalue weighted by Gasteiger charge is 2.22. The van der Waals surface area contributed by atoms with Crippen LogP contribution >= 0.6 is 36.4 Å². The Morgan fingerprint density at radius 3 is 2.55 bits per heavy atom. The Balaban J connectivity index is 0.00000180. The van der Waals surface area contributed by atoms with Gasteiger partial charge in [0.05, 0.1) is 13.2 Å². The first-order chi connectivity index (χ1) is 8.76. The van der Waals surface area contributed by atoms with Crippen LogP contribution in [0.15, 0.2) is 30.9 Å². The first kappa shape index (κ1) is 19.6. The maximum atomic E-state index is 6.09. The number of methoxy groups -OCH3 is 1. The Hall–Kier alpha value is -0.450. The van der Waals surface area contributed by atoms with E-state index >= 15 is 0 Å². The molecule has 1 atom stereocenters. The lowest BCUT2D eigenvalue weighted by Crippen LogP contribution is -2.44. The maximum Gasteiger partial charge on any atom is 0.124 e. The molecule has 0 aromatic heterocycles. The molecule has 1 saturated heterocycles. The standard InChI is InChI=1S/C14H19ClN2O.2ClH/c1-3-13(17-8-6-16-7-9-17)12-10-11(15)4-5-14(12)18-2;;/h3-5,10,13,16H,1,6-9H2,2H3;2*1H/t13-;;/m1../s1. The van der Waals surface area contributed by atoms with Gasteiger partial charge in [0.2, 0.25) is 0 Å². The van der Waals surface area contributed by atoms with Crippen molar-refractivity contribution >= 4 is 36.4 Å². The Bertz CT molecular complexity index is 423. The molecule has 114 valence electrons. The van der Waals surface area contributed by atoms with Crippen molar-refractivity contribution in [3.05, 3.63) is 41.4 Å². The summed E-state index contributed by atoms with van der Waals surface area (Å²) >= 11 is 6.09. The van der Waals surface area contributed by atoms with Gasteiger partial charge >= 0.3 is 0 Å². The molecule has 0 unspecified atom stereocenters. The monoisotopic (exact) mass is 338 g/mol. The largest absolute Gasteiger partial charge is 0.496 e. The van der Waals surface area contributed by atoms with E-state index in [0.717, 1.165) is 42.5 Å². The van der Waals surface area contributed by atoms with Gasteiger partial charge in [-0.05, 0) is 18.2 Å². The van der Waals surface area contributed by atoms with E-state index in [1.54, 1.807) is 7.11 Å². The molecule has 0 bridgehead atoms. The van der Waals surface area contributed by atoms with Gasteiger partial charge in [-0.2, -0.15) is 0 Å². The third-order valence-electron chi connectivity index (χ3n) is 3.28. The third-order valence-corrected chi connectivity index (χ3v) is 3.51. The van der Waals surface area contributed by atoms with Gasteiger partial charge in [-0.15, -0.1) is 31.4 Å². The fourth-order valence-electron chi connectivity index (χ4n) is 2.37. The first-order valence-electron chi connectivity index (χ1n) is 6.17. The van der Waals surface area contributed by atoms with Gasteiger partial charge in [0, 0.05) is 36.8 Å². The zero-order chi connectivity index (χ0) is 13.0. The molecule has 1 aromatic carbocycles. The average Bonchev–Trinajstić information content (AvgIpc) is 2.41. The molecule has 1 N–H and O–H groups in total. The van der Waals surface area contributed by atoms with Gasteiger partial charge in [0.1, 0.15) is 5.75 Å². The van der Waals surface area contributed by atoms with Crippen molar-refractivity contribution in [1.29, 1.82) is 0 Å². The van der Waals surface area contributed by atoms with E-state index < -0.39 is 0 Å². The Kier molecular flexibility index (Phi) is 9.27. The molecule has 20 heavy (non-hydrogen) atoms. The summed E-state index contributed by atoms with van der Waals surface area (Å²) in [6, 6.07) is 5.88. The highest BCUT2D eigenvalue weighted by Crippen LogP contribution is 2.32. The van der Waals surface area contributed by atoms with E-state index in [-0.39, 0.29) is 30.9 Å². The SMILES string of the molecule is C=C[C@H](c1cc(Cl)ccc1OC)N1CCNCC1.Cl.Cl. The number of ether oxygens (including phenoxy) is 1. The van der Waals surface area contributed by atoms with Crippen LogP contribution in [0.25, 0.3) is 0 Å². The molecule has 1 aliphatic heterocycles. The van der Waals surface area contributed by atoms with Crippen LogP contribution in [0.5, 0.6) is 5.75 Å². The second kappa shape index (κ2) is 9.48. The molecular formula is C14H21Cl3N2O.